The monoisotopic (exact) mass is 267 g/mol. The molecule has 0 aromatic heterocycles. The van der Waals surface area contributed by atoms with Crippen LogP contribution in [0.2, 0.25) is 0 Å². The summed E-state index contributed by atoms with van der Waals surface area (Å²) in [5.41, 5.74) is 2.61. The molecule has 1 nitrogen and oxygen atoms in total. The summed E-state index contributed by atoms with van der Waals surface area (Å²) in [7, 11) is 0. The van der Waals surface area contributed by atoms with Crippen LogP contribution in [0.1, 0.15) is 39.2 Å². The van der Waals surface area contributed by atoms with Gasteiger partial charge in [-0.15, -0.1) is 11.6 Å². The highest BCUT2D eigenvalue weighted by molar-refractivity contribution is 6.17. The fraction of sp³-hybridized carbons (Fsp3) is 0.625. The maximum Gasteiger partial charge on any atom is 0.0343 e. The number of alkyl halides is 1. The molecule has 0 bridgehead atoms. The molecule has 0 amide bonds. The second-order valence-electron chi connectivity index (χ2n) is 5.61. The Hall–Kier alpha value is -0.690. The van der Waals surface area contributed by atoms with Gasteiger partial charge in [0.05, 0.1) is 0 Å². The first-order valence-electron chi connectivity index (χ1n) is 7.00. The number of hydrogen-bond acceptors (Lipinski definition) is 1. The average Bonchev–Trinajstić information content (AvgIpc) is 2.33. The molecule has 1 unspecified atom stereocenters. The quantitative estimate of drug-likeness (QED) is 0.657. The molecule has 1 aromatic carbocycles. The van der Waals surface area contributed by atoms with Crippen LogP contribution in [0.3, 0.4) is 0 Å². The Balaban J connectivity index is 2.41. The Labute approximate surface area is 117 Å². The smallest absolute Gasteiger partial charge is 0.0343 e. The van der Waals surface area contributed by atoms with Gasteiger partial charge >= 0.3 is 0 Å². The van der Waals surface area contributed by atoms with Gasteiger partial charge in [0.25, 0.3) is 0 Å². The van der Waals surface area contributed by atoms with Crippen molar-refractivity contribution in [3.8, 4) is 0 Å². The summed E-state index contributed by atoms with van der Waals surface area (Å²) >= 11 is 5.73. The summed E-state index contributed by atoms with van der Waals surface area (Å²) in [6.07, 6.45) is 3.40. The van der Waals surface area contributed by atoms with Gasteiger partial charge in [-0.1, -0.05) is 32.9 Å². The van der Waals surface area contributed by atoms with Crippen molar-refractivity contribution in [1.29, 1.82) is 0 Å². The molecule has 1 aromatic rings. The molecule has 0 saturated heterocycles. The van der Waals surface area contributed by atoms with Crippen LogP contribution in [0.25, 0.3) is 0 Å². The lowest BCUT2D eigenvalue weighted by molar-refractivity contribution is 0.455. The highest BCUT2D eigenvalue weighted by Gasteiger charge is 2.05. The second kappa shape index (κ2) is 8.42. The van der Waals surface area contributed by atoms with Crippen LogP contribution >= 0.6 is 11.6 Å². The molecule has 0 radical (unpaired) electrons. The van der Waals surface area contributed by atoms with Crippen molar-refractivity contribution in [2.45, 2.75) is 40.0 Å². The standard InChI is InChI=1S/C16H26ClN/c1-13(2)10-14(3)12-18-16-8-4-6-15(11-16)7-5-9-17/h4,6,8,11,13-14,18H,5,7,9-10,12H2,1-3H3. The van der Waals surface area contributed by atoms with Crippen LogP contribution in [0.4, 0.5) is 5.69 Å². The lowest BCUT2D eigenvalue weighted by atomic mass is 9.99. The van der Waals surface area contributed by atoms with Crippen molar-refractivity contribution in [1.82, 2.24) is 0 Å². The molecule has 1 N–H and O–H groups in total. The van der Waals surface area contributed by atoms with E-state index in [4.69, 9.17) is 11.6 Å². The molecule has 1 atom stereocenters. The topological polar surface area (TPSA) is 12.0 Å². The molecule has 0 saturated carbocycles. The molecule has 102 valence electrons. The average molecular weight is 268 g/mol. The van der Waals surface area contributed by atoms with Crippen LogP contribution in [-0.2, 0) is 6.42 Å². The predicted molar refractivity (Wildman–Crippen MR) is 82.6 cm³/mol. The summed E-state index contributed by atoms with van der Waals surface area (Å²) in [6.45, 7) is 7.92. The molecule has 2 heteroatoms. The van der Waals surface area contributed by atoms with Gasteiger partial charge in [0.2, 0.25) is 0 Å². The van der Waals surface area contributed by atoms with Gasteiger partial charge in [0.15, 0.2) is 0 Å². The van der Waals surface area contributed by atoms with Gasteiger partial charge in [-0.05, 0) is 48.8 Å². The minimum Gasteiger partial charge on any atom is -0.385 e. The first-order chi connectivity index (χ1) is 8.61. The molecular weight excluding hydrogens is 242 g/mol. The maximum atomic E-state index is 5.73. The predicted octanol–water partition coefficient (Wildman–Crippen LogP) is 4.95. The van der Waals surface area contributed by atoms with E-state index < -0.39 is 0 Å². The zero-order valence-electron chi connectivity index (χ0n) is 11.9. The highest BCUT2D eigenvalue weighted by atomic mass is 35.5. The van der Waals surface area contributed by atoms with Crippen LogP contribution in [0.15, 0.2) is 24.3 Å². The fourth-order valence-electron chi connectivity index (χ4n) is 2.29. The number of benzene rings is 1. The Morgan fingerprint density at radius 1 is 1.22 bits per heavy atom. The van der Waals surface area contributed by atoms with E-state index in [9.17, 15) is 0 Å². The van der Waals surface area contributed by atoms with E-state index in [-0.39, 0.29) is 0 Å². The van der Waals surface area contributed by atoms with Gasteiger partial charge in [0.1, 0.15) is 0 Å². The van der Waals surface area contributed by atoms with Gasteiger partial charge < -0.3 is 5.32 Å². The van der Waals surface area contributed by atoms with E-state index in [1.807, 2.05) is 0 Å². The van der Waals surface area contributed by atoms with E-state index in [0.29, 0.717) is 0 Å². The maximum absolute atomic E-state index is 5.73. The molecule has 0 aliphatic rings. The lowest BCUT2D eigenvalue weighted by Crippen LogP contribution is -2.13. The molecule has 18 heavy (non-hydrogen) atoms. The summed E-state index contributed by atoms with van der Waals surface area (Å²) in [5, 5.41) is 3.53. The number of aryl methyl sites for hydroxylation is 1. The molecule has 0 aliphatic heterocycles. The zero-order chi connectivity index (χ0) is 13.4. The third-order valence-electron chi connectivity index (χ3n) is 3.05. The van der Waals surface area contributed by atoms with E-state index in [1.165, 1.54) is 17.7 Å². The van der Waals surface area contributed by atoms with Crippen molar-refractivity contribution in [3.05, 3.63) is 29.8 Å². The third-order valence-corrected chi connectivity index (χ3v) is 3.32. The number of nitrogens with one attached hydrogen (secondary N) is 1. The Kier molecular flexibility index (Phi) is 7.19. The first kappa shape index (κ1) is 15.4. The molecule has 0 heterocycles. The van der Waals surface area contributed by atoms with Gasteiger partial charge in [-0.3, -0.25) is 0 Å². The third kappa shape index (κ3) is 6.30. The first-order valence-corrected chi connectivity index (χ1v) is 7.54. The molecule has 0 aliphatic carbocycles. The molecule has 0 fully saturated rings. The van der Waals surface area contributed by atoms with E-state index in [2.05, 4.69) is 50.4 Å². The minimum absolute atomic E-state index is 0.719. The normalized spacial score (nSPS) is 12.7. The number of rotatable bonds is 8. The van der Waals surface area contributed by atoms with Gasteiger partial charge in [0, 0.05) is 18.1 Å². The van der Waals surface area contributed by atoms with Gasteiger partial charge in [-0.25, -0.2) is 0 Å². The SMILES string of the molecule is CC(C)CC(C)CNc1cccc(CCCCl)c1. The highest BCUT2D eigenvalue weighted by Crippen LogP contribution is 2.15. The second-order valence-corrected chi connectivity index (χ2v) is 5.99. The largest absolute Gasteiger partial charge is 0.385 e. The molecular formula is C16H26ClN. The lowest BCUT2D eigenvalue weighted by Gasteiger charge is -2.16. The Morgan fingerprint density at radius 2 is 2.00 bits per heavy atom. The van der Waals surface area contributed by atoms with Crippen molar-refractivity contribution in [2.24, 2.45) is 11.8 Å². The fourth-order valence-corrected chi connectivity index (χ4v) is 2.42. The van der Waals surface area contributed by atoms with Crippen molar-refractivity contribution in [2.75, 3.05) is 17.7 Å². The Morgan fingerprint density at radius 3 is 2.67 bits per heavy atom. The van der Waals surface area contributed by atoms with Crippen LogP contribution in [-0.4, -0.2) is 12.4 Å². The van der Waals surface area contributed by atoms with Crippen LogP contribution in [0, 0.1) is 11.8 Å². The van der Waals surface area contributed by atoms with Crippen molar-refractivity contribution >= 4 is 17.3 Å². The van der Waals surface area contributed by atoms with Crippen LogP contribution < -0.4 is 5.32 Å². The van der Waals surface area contributed by atoms with Crippen LogP contribution in [0.5, 0.6) is 0 Å². The molecule has 1 rings (SSSR count). The van der Waals surface area contributed by atoms with E-state index in [1.54, 1.807) is 0 Å². The summed E-state index contributed by atoms with van der Waals surface area (Å²) < 4.78 is 0. The van der Waals surface area contributed by atoms with Crippen molar-refractivity contribution in [3.63, 3.8) is 0 Å². The summed E-state index contributed by atoms with van der Waals surface area (Å²) in [4.78, 5) is 0. The summed E-state index contributed by atoms with van der Waals surface area (Å²) in [6, 6.07) is 8.69. The number of halogens is 1. The Bertz CT molecular complexity index is 336. The van der Waals surface area contributed by atoms with E-state index in [0.717, 1.165) is 37.1 Å². The van der Waals surface area contributed by atoms with E-state index >= 15 is 0 Å². The minimum atomic E-state index is 0.719. The number of anilines is 1. The van der Waals surface area contributed by atoms with Gasteiger partial charge in [-0.2, -0.15) is 0 Å². The zero-order valence-corrected chi connectivity index (χ0v) is 12.6. The summed E-state index contributed by atoms with van der Waals surface area (Å²) in [5.74, 6) is 2.23. The molecule has 0 spiro atoms. The number of hydrogen-bond donors (Lipinski definition) is 1. The van der Waals surface area contributed by atoms with Crippen molar-refractivity contribution < 1.29 is 0 Å².